The number of alkyl halides is 3. The van der Waals surface area contributed by atoms with Gasteiger partial charge < -0.3 is 10.6 Å². The monoisotopic (exact) mass is 455 g/mol. The molecule has 0 radical (unpaired) electrons. The van der Waals surface area contributed by atoms with Gasteiger partial charge in [0.25, 0.3) is 0 Å². The quantitative estimate of drug-likeness (QED) is 0.643. The van der Waals surface area contributed by atoms with Crippen LogP contribution in [0, 0.1) is 5.92 Å². The fourth-order valence-electron chi connectivity index (χ4n) is 3.07. The van der Waals surface area contributed by atoms with E-state index in [1.807, 2.05) is 0 Å². The lowest BCUT2D eigenvalue weighted by molar-refractivity contribution is -0.145. The number of rotatable bonds is 5. The molecular formula is C20H21ClF3N5O2. The van der Waals surface area contributed by atoms with Crippen molar-refractivity contribution in [2.45, 2.75) is 45.2 Å². The maximum atomic E-state index is 12.7. The first kappa shape index (κ1) is 23.0. The molecule has 2 heterocycles. The predicted octanol–water partition coefficient (Wildman–Crippen LogP) is 3.27. The van der Waals surface area contributed by atoms with Crippen LogP contribution in [0.3, 0.4) is 0 Å². The third-order valence-electron chi connectivity index (χ3n) is 4.75. The average Bonchev–Trinajstić information content (AvgIpc) is 2.71. The summed E-state index contributed by atoms with van der Waals surface area (Å²) in [7, 11) is 0. The van der Waals surface area contributed by atoms with E-state index >= 15 is 0 Å². The van der Waals surface area contributed by atoms with Gasteiger partial charge in [-0.25, -0.2) is 9.97 Å². The van der Waals surface area contributed by atoms with Crippen molar-refractivity contribution in [2.75, 3.05) is 0 Å². The molecule has 0 bridgehead atoms. The minimum Gasteiger partial charge on any atom is -0.352 e. The molecule has 2 amide bonds. The van der Waals surface area contributed by atoms with Crippen LogP contribution in [0.15, 0.2) is 30.6 Å². The Morgan fingerprint density at radius 3 is 2.58 bits per heavy atom. The zero-order valence-corrected chi connectivity index (χ0v) is 17.5. The Morgan fingerprint density at radius 2 is 1.97 bits per heavy atom. The van der Waals surface area contributed by atoms with Crippen LogP contribution in [-0.4, -0.2) is 21.8 Å². The molecule has 2 unspecified atom stereocenters. The van der Waals surface area contributed by atoms with E-state index in [4.69, 9.17) is 11.6 Å². The highest BCUT2D eigenvalue weighted by Crippen LogP contribution is 2.31. The molecule has 1 aromatic heterocycles. The van der Waals surface area contributed by atoms with Gasteiger partial charge in [0.2, 0.25) is 17.6 Å². The summed E-state index contributed by atoms with van der Waals surface area (Å²) in [6.45, 7) is 3.86. The fraction of sp³-hybridized carbons (Fsp3) is 0.400. The van der Waals surface area contributed by atoms with Crippen molar-refractivity contribution in [3.63, 3.8) is 0 Å². The largest absolute Gasteiger partial charge is 0.451 e. The van der Waals surface area contributed by atoms with Gasteiger partial charge in [-0.15, -0.1) is 0 Å². The van der Waals surface area contributed by atoms with Crippen molar-refractivity contribution in [3.8, 4) is 0 Å². The lowest BCUT2D eigenvalue weighted by Gasteiger charge is -2.32. The summed E-state index contributed by atoms with van der Waals surface area (Å²) >= 11 is 6.33. The summed E-state index contributed by atoms with van der Waals surface area (Å²) in [4.78, 5) is 30.8. The van der Waals surface area contributed by atoms with Crippen LogP contribution >= 0.6 is 11.6 Å². The summed E-state index contributed by atoms with van der Waals surface area (Å²) in [6.07, 6.45) is -3.20. The second-order valence-electron chi connectivity index (χ2n) is 7.49. The van der Waals surface area contributed by atoms with E-state index in [0.29, 0.717) is 16.1 Å². The highest BCUT2D eigenvalue weighted by Gasteiger charge is 2.35. The summed E-state index contributed by atoms with van der Waals surface area (Å²) in [6, 6.07) is 4.58. The lowest BCUT2D eigenvalue weighted by Crippen LogP contribution is -2.46. The van der Waals surface area contributed by atoms with Crippen LogP contribution in [-0.2, 0) is 22.3 Å². The number of amides is 2. The van der Waals surface area contributed by atoms with E-state index in [-0.39, 0.29) is 30.7 Å². The molecule has 1 fully saturated rings. The van der Waals surface area contributed by atoms with Crippen LogP contribution in [0.2, 0.25) is 5.02 Å². The van der Waals surface area contributed by atoms with Gasteiger partial charge >= 0.3 is 6.18 Å². The molecule has 0 spiro atoms. The minimum atomic E-state index is -4.64. The number of hydrogen-bond acceptors (Lipinski definition) is 5. The highest BCUT2D eigenvalue weighted by molar-refractivity contribution is 6.31. The molecule has 31 heavy (non-hydrogen) atoms. The zero-order valence-electron chi connectivity index (χ0n) is 16.8. The Bertz CT molecular complexity index is 966. The van der Waals surface area contributed by atoms with Gasteiger partial charge in [-0.1, -0.05) is 31.5 Å². The summed E-state index contributed by atoms with van der Waals surface area (Å²) < 4.78 is 38.1. The molecule has 0 aliphatic carbocycles. The standard InChI is InChI=1S/C20H21ClF3N5O2/c1-10(2)18(31)25-7-11-3-4-14(21)13(5-11)17-28-15(6-16(30)29-17)12-8-26-19(27-9-12)20(22,23)24/h3-5,8-10,15,17,28H,6-7H2,1-2H3,(H,25,31)(H,29,30). The number of carbonyl (C=O) groups excluding carboxylic acids is 2. The van der Waals surface area contributed by atoms with Gasteiger partial charge in [0.1, 0.15) is 6.17 Å². The van der Waals surface area contributed by atoms with Crippen LogP contribution in [0.5, 0.6) is 0 Å². The maximum absolute atomic E-state index is 12.7. The van der Waals surface area contributed by atoms with Gasteiger partial charge in [-0.3, -0.25) is 14.9 Å². The third kappa shape index (κ3) is 5.71. The molecule has 2 atom stereocenters. The molecule has 11 heteroatoms. The highest BCUT2D eigenvalue weighted by atomic mass is 35.5. The second-order valence-corrected chi connectivity index (χ2v) is 7.90. The molecular weight excluding hydrogens is 435 g/mol. The topological polar surface area (TPSA) is 96.0 Å². The third-order valence-corrected chi connectivity index (χ3v) is 5.10. The van der Waals surface area contributed by atoms with Crippen molar-refractivity contribution in [1.29, 1.82) is 0 Å². The first-order valence-corrected chi connectivity index (χ1v) is 9.93. The number of aromatic nitrogens is 2. The van der Waals surface area contributed by atoms with E-state index < -0.39 is 24.2 Å². The van der Waals surface area contributed by atoms with Crippen molar-refractivity contribution in [2.24, 2.45) is 5.92 Å². The molecule has 1 aromatic carbocycles. The minimum absolute atomic E-state index is 0.00692. The lowest BCUT2D eigenvalue weighted by atomic mass is 10.00. The van der Waals surface area contributed by atoms with E-state index in [1.54, 1.807) is 32.0 Å². The normalized spacial score (nSPS) is 19.3. The predicted molar refractivity (Wildman–Crippen MR) is 107 cm³/mol. The Hall–Kier alpha value is -2.72. The van der Waals surface area contributed by atoms with Crippen LogP contribution in [0.4, 0.5) is 13.2 Å². The number of carbonyl (C=O) groups is 2. The van der Waals surface area contributed by atoms with E-state index in [1.165, 1.54) is 0 Å². The van der Waals surface area contributed by atoms with Crippen LogP contribution < -0.4 is 16.0 Å². The number of hydrogen-bond donors (Lipinski definition) is 3. The summed E-state index contributed by atoms with van der Waals surface area (Å²) in [5.41, 5.74) is 1.71. The molecule has 1 saturated heterocycles. The number of nitrogens with one attached hydrogen (secondary N) is 3. The average molecular weight is 456 g/mol. The molecule has 1 aliphatic heterocycles. The van der Waals surface area contributed by atoms with Crippen molar-refractivity contribution < 1.29 is 22.8 Å². The van der Waals surface area contributed by atoms with Gasteiger partial charge in [0.15, 0.2) is 0 Å². The van der Waals surface area contributed by atoms with Gasteiger partial charge in [0, 0.05) is 53.5 Å². The SMILES string of the molecule is CC(C)C(=O)NCc1ccc(Cl)c(C2NC(=O)CC(c3cnc(C(F)(F)F)nc3)N2)c1. The Morgan fingerprint density at radius 1 is 1.29 bits per heavy atom. The number of benzene rings is 1. The molecule has 166 valence electrons. The summed E-state index contributed by atoms with van der Waals surface area (Å²) in [5, 5.41) is 9.14. The van der Waals surface area contributed by atoms with Gasteiger partial charge in [-0.2, -0.15) is 13.2 Å². The number of nitrogens with zero attached hydrogens (tertiary/aromatic N) is 2. The van der Waals surface area contributed by atoms with Crippen molar-refractivity contribution >= 4 is 23.4 Å². The molecule has 1 aliphatic rings. The first-order chi connectivity index (χ1) is 14.5. The Balaban J connectivity index is 1.79. The number of halogens is 4. The van der Waals surface area contributed by atoms with Crippen LogP contribution in [0.1, 0.15) is 55.0 Å². The van der Waals surface area contributed by atoms with Crippen LogP contribution in [0.25, 0.3) is 0 Å². The fourth-order valence-corrected chi connectivity index (χ4v) is 3.30. The van der Waals surface area contributed by atoms with Crippen molar-refractivity contribution in [1.82, 2.24) is 25.9 Å². The first-order valence-electron chi connectivity index (χ1n) is 9.55. The van der Waals surface area contributed by atoms with E-state index in [2.05, 4.69) is 25.9 Å². The Labute approximate surface area is 181 Å². The molecule has 2 aromatic rings. The molecule has 3 N–H and O–H groups in total. The van der Waals surface area contributed by atoms with Crippen molar-refractivity contribution in [3.05, 3.63) is 58.1 Å². The van der Waals surface area contributed by atoms with Gasteiger partial charge in [-0.05, 0) is 17.7 Å². The van der Waals surface area contributed by atoms with Gasteiger partial charge in [0.05, 0.1) is 0 Å². The Kier molecular flexibility index (Phi) is 6.80. The molecule has 7 nitrogen and oxygen atoms in total. The molecule has 0 saturated carbocycles. The second kappa shape index (κ2) is 9.19. The maximum Gasteiger partial charge on any atom is 0.451 e. The van der Waals surface area contributed by atoms with E-state index in [0.717, 1.165) is 18.0 Å². The molecule has 3 rings (SSSR count). The van der Waals surface area contributed by atoms with E-state index in [9.17, 15) is 22.8 Å². The summed E-state index contributed by atoms with van der Waals surface area (Å²) in [5.74, 6) is -1.80. The zero-order chi connectivity index (χ0) is 22.8. The smallest absolute Gasteiger partial charge is 0.352 e.